The van der Waals surface area contributed by atoms with E-state index in [0.717, 1.165) is 0 Å². The lowest BCUT2D eigenvalue weighted by atomic mass is 9.98. The molecule has 28 heavy (non-hydrogen) atoms. The molecule has 0 saturated heterocycles. The number of nitrogens with two attached hydrogens (primary N) is 2. The second kappa shape index (κ2) is 12.6. The Kier molecular flexibility index (Phi) is 11.4. The van der Waals surface area contributed by atoms with Crippen LogP contribution in [0.2, 0.25) is 0 Å². The first-order valence-electron chi connectivity index (χ1n) is 8.78. The Morgan fingerprint density at radius 2 is 1.68 bits per heavy atom. The lowest BCUT2D eigenvalue weighted by Gasteiger charge is -2.25. The highest BCUT2D eigenvalue weighted by Crippen LogP contribution is 2.08. The number of carbonyl (C=O) groups is 5. The highest BCUT2D eigenvalue weighted by Gasteiger charge is 2.29. The zero-order chi connectivity index (χ0) is 21.9. The van der Waals surface area contributed by atoms with Crippen LogP contribution in [0.5, 0.6) is 0 Å². The predicted molar refractivity (Wildman–Crippen MR) is 97.5 cm³/mol. The zero-order valence-electron chi connectivity index (χ0n) is 15.9. The monoisotopic (exact) mass is 403 g/mol. The van der Waals surface area contributed by atoms with Crippen molar-refractivity contribution >= 4 is 29.6 Å². The summed E-state index contributed by atoms with van der Waals surface area (Å²) in [6.07, 6.45) is 0.449. The van der Waals surface area contributed by atoms with Crippen LogP contribution in [0.15, 0.2) is 0 Å². The molecule has 0 aliphatic heterocycles. The van der Waals surface area contributed by atoms with E-state index in [2.05, 4.69) is 16.0 Å². The normalized spacial score (nSPS) is 14.9. The molecule has 0 radical (unpaired) electrons. The van der Waals surface area contributed by atoms with Crippen molar-refractivity contribution in [2.24, 2.45) is 17.4 Å². The maximum Gasteiger partial charge on any atom is 0.328 e. The summed E-state index contributed by atoms with van der Waals surface area (Å²) in [6.45, 7) is 2.18. The lowest BCUT2D eigenvalue weighted by Crippen LogP contribution is -2.56. The first kappa shape index (κ1) is 25.3. The van der Waals surface area contributed by atoms with Crippen LogP contribution < -0.4 is 27.4 Å². The van der Waals surface area contributed by atoms with Gasteiger partial charge in [-0.2, -0.15) is 0 Å². The number of rotatable bonds is 13. The van der Waals surface area contributed by atoms with Crippen molar-refractivity contribution in [3.05, 3.63) is 0 Å². The molecule has 0 saturated carbocycles. The van der Waals surface area contributed by atoms with Crippen molar-refractivity contribution in [1.82, 2.24) is 16.0 Å². The van der Waals surface area contributed by atoms with Crippen molar-refractivity contribution in [3.63, 3.8) is 0 Å². The summed E-state index contributed by atoms with van der Waals surface area (Å²) in [4.78, 5) is 57.8. The topological polar surface area (TPSA) is 214 Å². The van der Waals surface area contributed by atoms with Crippen molar-refractivity contribution < 1.29 is 34.2 Å². The molecule has 0 aromatic heterocycles. The van der Waals surface area contributed by atoms with E-state index < -0.39 is 60.9 Å². The minimum absolute atomic E-state index is 0.0262. The highest BCUT2D eigenvalue weighted by molar-refractivity contribution is 5.92. The van der Waals surface area contributed by atoms with Crippen LogP contribution in [0.1, 0.15) is 33.1 Å². The van der Waals surface area contributed by atoms with Gasteiger partial charge in [0, 0.05) is 6.42 Å². The Labute approximate surface area is 162 Å². The fourth-order valence-electron chi connectivity index (χ4n) is 2.10. The van der Waals surface area contributed by atoms with Gasteiger partial charge in [0.25, 0.3) is 0 Å². The standard InChI is InChI=1S/C16H29N5O7/c1-3-8(2)13(15(26)20-10(7-22)16(27)28)21-12(24)6-19-14(25)9(17)4-5-11(18)23/h8-10,13,22H,3-7,17H2,1-2H3,(H2,18,23)(H,19,25)(H,20,26)(H,21,24)(H,27,28). The molecule has 0 aromatic rings. The Balaban J connectivity index is 4.77. The smallest absolute Gasteiger partial charge is 0.328 e. The number of carbonyl (C=O) groups excluding carboxylic acids is 4. The number of hydrogen-bond acceptors (Lipinski definition) is 7. The van der Waals surface area contributed by atoms with Gasteiger partial charge in [0.1, 0.15) is 12.1 Å². The number of aliphatic hydroxyl groups excluding tert-OH is 1. The number of aliphatic carboxylic acids is 1. The molecule has 0 aromatic carbocycles. The van der Waals surface area contributed by atoms with Gasteiger partial charge in [0.2, 0.25) is 23.6 Å². The number of hydrogen-bond donors (Lipinski definition) is 7. The largest absolute Gasteiger partial charge is 0.480 e. The average Bonchev–Trinajstić information content (AvgIpc) is 2.64. The summed E-state index contributed by atoms with van der Waals surface area (Å²) in [5.41, 5.74) is 10.5. The molecule has 12 heteroatoms. The lowest BCUT2D eigenvalue weighted by molar-refractivity contribution is -0.143. The summed E-state index contributed by atoms with van der Waals surface area (Å²) < 4.78 is 0. The second-order valence-corrected chi connectivity index (χ2v) is 6.34. The second-order valence-electron chi connectivity index (χ2n) is 6.34. The quantitative estimate of drug-likeness (QED) is 0.166. The first-order valence-corrected chi connectivity index (χ1v) is 8.78. The van der Waals surface area contributed by atoms with E-state index in [4.69, 9.17) is 21.7 Å². The SMILES string of the molecule is CCC(C)C(NC(=O)CNC(=O)C(N)CCC(N)=O)C(=O)NC(CO)C(=O)O. The van der Waals surface area contributed by atoms with Crippen LogP contribution in [0, 0.1) is 5.92 Å². The highest BCUT2D eigenvalue weighted by atomic mass is 16.4. The molecule has 0 spiro atoms. The predicted octanol–water partition coefficient (Wildman–Crippen LogP) is -3.21. The van der Waals surface area contributed by atoms with Crippen LogP contribution in [-0.2, 0) is 24.0 Å². The molecule has 0 bridgehead atoms. The van der Waals surface area contributed by atoms with Gasteiger partial charge in [-0.1, -0.05) is 20.3 Å². The van der Waals surface area contributed by atoms with Gasteiger partial charge in [0.05, 0.1) is 19.2 Å². The van der Waals surface area contributed by atoms with Crippen LogP contribution in [0.25, 0.3) is 0 Å². The summed E-state index contributed by atoms with van der Waals surface area (Å²) in [7, 11) is 0. The third kappa shape index (κ3) is 9.28. The van der Waals surface area contributed by atoms with E-state index in [9.17, 15) is 24.0 Å². The molecule has 4 atom stereocenters. The molecule has 0 aliphatic carbocycles. The van der Waals surface area contributed by atoms with Crippen LogP contribution >= 0.6 is 0 Å². The molecule has 12 nitrogen and oxygen atoms in total. The van der Waals surface area contributed by atoms with Crippen LogP contribution in [0.3, 0.4) is 0 Å². The van der Waals surface area contributed by atoms with Gasteiger partial charge < -0.3 is 37.6 Å². The number of primary amides is 1. The van der Waals surface area contributed by atoms with E-state index in [1.807, 2.05) is 0 Å². The van der Waals surface area contributed by atoms with Gasteiger partial charge in [-0.15, -0.1) is 0 Å². The van der Waals surface area contributed by atoms with Crippen LogP contribution in [0.4, 0.5) is 0 Å². The molecule has 0 fully saturated rings. The van der Waals surface area contributed by atoms with Crippen molar-refractivity contribution in [1.29, 1.82) is 0 Å². The molecular weight excluding hydrogens is 374 g/mol. The number of aliphatic hydroxyl groups is 1. The number of carboxylic acids is 1. The Morgan fingerprint density at radius 1 is 1.07 bits per heavy atom. The Hall–Kier alpha value is -2.73. The molecular formula is C16H29N5O7. The minimum Gasteiger partial charge on any atom is -0.480 e. The van der Waals surface area contributed by atoms with Crippen LogP contribution in [-0.4, -0.2) is 71.1 Å². The van der Waals surface area contributed by atoms with Crippen molar-refractivity contribution in [2.45, 2.75) is 51.2 Å². The molecule has 9 N–H and O–H groups in total. The first-order chi connectivity index (χ1) is 13.0. The molecule has 4 amide bonds. The van der Waals surface area contributed by atoms with E-state index >= 15 is 0 Å². The molecule has 4 unspecified atom stereocenters. The van der Waals surface area contributed by atoms with Gasteiger partial charge in [0.15, 0.2) is 0 Å². The Morgan fingerprint density at radius 3 is 2.14 bits per heavy atom. The van der Waals surface area contributed by atoms with E-state index in [1.54, 1.807) is 13.8 Å². The number of carboxylic acid groups (broad SMARTS) is 1. The molecule has 0 rings (SSSR count). The summed E-state index contributed by atoms with van der Waals surface area (Å²) in [5, 5.41) is 24.8. The summed E-state index contributed by atoms with van der Waals surface area (Å²) >= 11 is 0. The van der Waals surface area contributed by atoms with E-state index in [-0.39, 0.29) is 18.8 Å². The number of nitrogens with one attached hydrogen (secondary N) is 3. The summed E-state index contributed by atoms with van der Waals surface area (Å²) in [6, 6.07) is -3.58. The molecule has 0 aliphatic rings. The molecule has 160 valence electrons. The third-order valence-corrected chi connectivity index (χ3v) is 4.07. The van der Waals surface area contributed by atoms with E-state index in [1.165, 1.54) is 0 Å². The fourth-order valence-corrected chi connectivity index (χ4v) is 2.10. The van der Waals surface area contributed by atoms with Crippen molar-refractivity contribution in [3.8, 4) is 0 Å². The van der Waals surface area contributed by atoms with E-state index in [0.29, 0.717) is 6.42 Å². The zero-order valence-corrected chi connectivity index (χ0v) is 15.9. The minimum atomic E-state index is -1.50. The van der Waals surface area contributed by atoms with Gasteiger partial charge in [-0.3, -0.25) is 19.2 Å². The summed E-state index contributed by atoms with van der Waals surface area (Å²) in [5.74, 6) is -4.48. The maximum absolute atomic E-state index is 12.3. The number of amides is 4. The van der Waals surface area contributed by atoms with Gasteiger partial charge in [-0.25, -0.2) is 4.79 Å². The van der Waals surface area contributed by atoms with Gasteiger partial charge >= 0.3 is 5.97 Å². The van der Waals surface area contributed by atoms with Crippen molar-refractivity contribution in [2.75, 3.05) is 13.2 Å². The van der Waals surface area contributed by atoms with Gasteiger partial charge in [-0.05, 0) is 12.3 Å². The fraction of sp³-hybridized carbons (Fsp3) is 0.688. The third-order valence-electron chi connectivity index (χ3n) is 4.07. The molecule has 0 heterocycles. The average molecular weight is 403 g/mol. The maximum atomic E-state index is 12.3. The Bertz CT molecular complexity index is 584.